The van der Waals surface area contributed by atoms with Crippen LogP contribution >= 0.6 is 0 Å². The molecule has 34 heavy (non-hydrogen) atoms. The molecule has 0 heterocycles. The summed E-state index contributed by atoms with van der Waals surface area (Å²) in [4.78, 5) is 12.4. The van der Waals surface area contributed by atoms with E-state index < -0.39 is 0 Å². The second-order valence-electron chi connectivity index (χ2n) is 9.22. The average molecular weight is 446 g/mol. The zero-order chi connectivity index (χ0) is 23.8. The highest BCUT2D eigenvalue weighted by molar-refractivity contribution is 5.91. The first kappa shape index (κ1) is 23.3. The quantitative estimate of drug-likeness (QED) is 0.230. The summed E-state index contributed by atoms with van der Waals surface area (Å²) in [7, 11) is 0. The van der Waals surface area contributed by atoms with Gasteiger partial charge in [-0.1, -0.05) is 129 Å². The summed E-state index contributed by atoms with van der Waals surface area (Å²) in [5.41, 5.74) is 5.83. The Bertz CT molecular complexity index is 1170. The lowest BCUT2D eigenvalue weighted by molar-refractivity contribution is -0.116. The fourth-order valence-electron chi connectivity index (χ4n) is 4.20. The van der Waals surface area contributed by atoms with E-state index in [4.69, 9.17) is 0 Å². The largest absolute Gasteiger partial charge is 0.352 e. The number of carbonyl (C=O) groups excluding carboxylic acids is 1. The van der Waals surface area contributed by atoms with Gasteiger partial charge in [0.05, 0.1) is 0 Å². The Hall–Kier alpha value is -3.91. The molecule has 0 fully saturated rings. The predicted molar refractivity (Wildman–Crippen MR) is 142 cm³/mol. The van der Waals surface area contributed by atoms with E-state index >= 15 is 0 Å². The van der Waals surface area contributed by atoms with E-state index in [2.05, 4.69) is 104 Å². The van der Waals surface area contributed by atoms with Gasteiger partial charge in [-0.3, -0.25) is 4.79 Å². The molecule has 0 spiro atoms. The summed E-state index contributed by atoms with van der Waals surface area (Å²) in [6, 6.07) is 39.9. The van der Waals surface area contributed by atoms with Gasteiger partial charge in [-0.2, -0.15) is 0 Å². The molecule has 0 saturated carbocycles. The third-order valence-electron chi connectivity index (χ3n) is 6.22. The second-order valence-corrected chi connectivity index (χ2v) is 9.22. The molecule has 4 rings (SSSR count). The van der Waals surface area contributed by atoms with Crippen molar-refractivity contribution in [1.82, 2.24) is 5.32 Å². The van der Waals surface area contributed by atoms with Crippen LogP contribution in [0.1, 0.15) is 47.6 Å². The van der Waals surface area contributed by atoms with Crippen LogP contribution in [-0.4, -0.2) is 12.5 Å². The highest BCUT2D eigenvalue weighted by Gasteiger charge is 2.22. The lowest BCUT2D eigenvalue weighted by atomic mass is 9.81. The third-order valence-corrected chi connectivity index (χ3v) is 6.22. The van der Waals surface area contributed by atoms with Gasteiger partial charge in [-0.25, -0.2) is 0 Å². The van der Waals surface area contributed by atoms with Gasteiger partial charge in [0.25, 0.3) is 0 Å². The Labute approximate surface area is 203 Å². The minimum absolute atomic E-state index is 0.0817. The summed E-state index contributed by atoms with van der Waals surface area (Å²) in [6.45, 7) is 4.88. The molecule has 0 bridgehead atoms. The van der Waals surface area contributed by atoms with Gasteiger partial charge in [-0.05, 0) is 33.9 Å². The van der Waals surface area contributed by atoms with Crippen molar-refractivity contribution < 1.29 is 4.79 Å². The molecule has 0 atom stereocenters. The van der Waals surface area contributed by atoms with Crippen molar-refractivity contribution in [2.24, 2.45) is 0 Å². The minimum Gasteiger partial charge on any atom is -0.352 e. The predicted octanol–water partition coefficient (Wildman–Crippen LogP) is 6.97. The first-order valence-corrected chi connectivity index (χ1v) is 11.7. The average Bonchev–Trinajstić information content (AvgIpc) is 2.89. The van der Waals surface area contributed by atoms with Gasteiger partial charge in [0.1, 0.15) is 0 Å². The highest BCUT2D eigenvalue weighted by atomic mass is 16.1. The van der Waals surface area contributed by atoms with Crippen molar-refractivity contribution in [2.45, 2.75) is 25.2 Å². The molecule has 0 saturated heterocycles. The van der Waals surface area contributed by atoms with Gasteiger partial charge in [0.15, 0.2) is 0 Å². The van der Waals surface area contributed by atoms with Crippen LogP contribution < -0.4 is 5.32 Å². The maximum atomic E-state index is 12.4. The molecule has 4 aromatic rings. The van der Waals surface area contributed by atoms with Crippen LogP contribution in [0.15, 0.2) is 121 Å². The number of rotatable bonds is 8. The van der Waals surface area contributed by atoms with E-state index in [-0.39, 0.29) is 17.2 Å². The van der Waals surface area contributed by atoms with Crippen molar-refractivity contribution in [2.75, 3.05) is 6.54 Å². The van der Waals surface area contributed by atoms with E-state index in [0.29, 0.717) is 6.54 Å². The number of carbonyl (C=O) groups is 1. The van der Waals surface area contributed by atoms with E-state index in [1.54, 1.807) is 6.08 Å². The highest BCUT2D eigenvalue weighted by Crippen LogP contribution is 2.33. The van der Waals surface area contributed by atoms with Crippen LogP contribution in [0.3, 0.4) is 0 Å². The lowest BCUT2D eigenvalue weighted by Crippen LogP contribution is -2.35. The topological polar surface area (TPSA) is 29.1 Å². The molecule has 1 N–H and O–H groups in total. The SMILES string of the molecule is CC(C)(CNC(=O)/C=C/c1ccccc1)c1ccc(C(c2ccccc2)c2ccccc2)cc1. The van der Waals surface area contributed by atoms with Crippen LogP contribution in [0.25, 0.3) is 6.08 Å². The molecule has 0 aliphatic carbocycles. The normalized spacial score (nSPS) is 11.6. The molecular formula is C32H31NO. The summed E-state index contributed by atoms with van der Waals surface area (Å²) in [6.07, 6.45) is 3.43. The summed E-state index contributed by atoms with van der Waals surface area (Å²) in [5, 5.41) is 3.06. The molecule has 4 aromatic carbocycles. The van der Waals surface area contributed by atoms with Crippen LogP contribution in [0.2, 0.25) is 0 Å². The van der Waals surface area contributed by atoms with Crippen molar-refractivity contribution in [3.8, 4) is 0 Å². The molecule has 1 amide bonds. The number of benzene rings is 4. The van der Waals surface area contributed by atoms with Crippen molar-refractivity contribution in [3.05, 3.63) is 149 Å². The maximum Gasteiger partial charge on any atom is 0.244 e. The van der Waals surface area contributed by atoms with Gasteiger partial charge in [0, 0.05) is 24.0 Å². The molecule has 2 nitrogen and oxygen atoms in total. The maximum absolute atomic E-state index is 12.4. The second kappa shape index (κ2) is 10.8. The first-order valence-electron chi connectivity index (χ1n) is 11.7. The standard InChI is InChI=1S/C32H31NO/c1-32(2,24-33-30(34)23-18-25-12-6-3-7-13-25)29-21-19-28(20-22-29)31(26-14-8-4-9-15-26)27-16-10-5-11-17-27/h3-23,31H,24H2,1-2H3,(H,33,34)/b23-18+. The number of hydrogen-bond acceptors (Lipinski definition) is 1. The Kier molecular flexibility index (Phi) is 7.39. The minimum atomic E-state index is -0.191. The number of hydrogen-bond donors (Lipinski definition) is 1. The molecule has 2 heteroatoms. The molecule has 0 radical (unpaired) electrons. The summed E-state index contributed by atoms with van der Waals surface area (Å²) in [5.74, 6) is 0.101. The molecule has 0 aliphatic heterocycles. The van der Waals surface area contributed by atoms with Crippen LogP contribution in [-0.2, 0) is 10.2 Å². The Morgan fingerprint density at radius 2 is 1.18 bits per heavy atom. The Balaban J connectivity index is 1.48. The van der Waals surface area contributed by atoms with Gasteiger partial charge in [-0.15, -0.1) is 0 Å². The van der Waals surface area contributed by atoms with E-state index in [9.17, 15) is 4.79 Å². The van der Waals surface area contributed by atoms with E-state index in [1.807, 2.05) is 36.4 Å². The number of amides is 1. The van der Waals surface area contributed by atoms with Gasteiger partial charge in [0.2, 0.25) is 5.91 Å². The van der Waals surface area contributed by atoms with Crippen molar-refractivity contribution >= 4 is 12.0 Å². The van der Waals surface area contributed by atoms with Crippen molar-refractivity contribution in [3.63, 3.8) is 0 Å². The summed E-state index contributed by atoms with van der Waals surface area (Å²) >= 11 is 0. The number of nitrogens with one attached hydrogen (secondary N) is 1. The molecule has 0 unspecified atom stereocenters. The molecular weight excluding hydrogens is 414 g/mol. The zero-order valence-corrected chi connectivity index (χ0v) is 19.8. The van der Waals surface area contributed by atoms with E-state index in [1.165, 1.54) is 22.3 Å². The molecule has 0 aromatic heterocycles. The van der Waals surface area contributed by atoms with Gasteiger partial charge < -0.3 is 5.32 Å². The van der Waals surface area contributed by atoms with Crippen molar-refractivity contribution in [1.29, 1.82) is 0 Å². The zero-order valence-electron chi connectivity index (χ0n) is 19.8. The van der Waals surface area contributed by atoms with E-state index in [0.717, 1.165) is 5.56 Å². The Morgan fingerprint density at radius 3 is 1.71 bits per heavy atom. The fraction of sp³-hybridized carbons (Fsp3) is 0.156. The Morgan fingerprint density at radius 1 is 0.706 bits per heavy atom. The monoisotopic (exact) mass is 445 g/mol. The summed E-state index contributed by atoms with van der Waals surface area (Å²) < 4.78 is 0. The molecule has 170 valence electrons. The smallest absolute Gasteiger partial charge is 0.244 e. The van der Waals surface area contributed by atoms with Crippen LogP contribution in [0.5, 0.6) is 0 Å². The first-order chi connectivity index (χ1) is 16.5. The lowest BCUT2D eigenvalue weighted by Gasteiger charge is -2.26. The van der Waals surface area contributed by atoms with Crippen LogP contribution in [0, 0.1) is 0 Å². The molecule has 0 aliphatic rings. The van der Waals surface area contributed by atoms with Gasteiger partial charge >= 0.3 is 0 Å². The fourth-order valence-corrected chi connectivity index (χ4v) is 4.20. The van der Waals surface area contributed by atoms with Crippen LogP contribution in [0.4, 0.5) is 0 Å². The third kappa shape index (κ3) is 5.90.